The lowest BCUT2D eigenvalue weighted by Gasteiger charge is -2.32. The molecule has 0 fully saturated rings. The fraction of sp³-hybridized carbons (Fsp3) is 0.500. The minimum atomic E-state index is -4.79. The molecule has 0 saturated heterocycles. The molecular weight excluding hydrogens is 401 g/mol. The molecule has 138 valence electrons. The van der Waals surface area contributed by atoms with Crippen molar-refractivity contribution in [3.8, 4) is 5.75 Å². The van der Waals surface area contributed by atoms with Gasteiger partial charge in [0.2, 0.25) is 6.10 Å². The highest BCUT2D eigenvalue weighted by Crippen LogP contribution is 2.45. The Labute approximate surface area is 154 Å². The van der Waals surface area contributed by atoms with E-state index >= 15 is 0 Å². The van der Waals surface area contributed by atoms with Gasteiger partial charge >= 0.3 is 12.1 Å². The van der Waals surface area contributed by atoms with Crippen LogP contribution in [0.5, 0.6) is 5.75 Å². The first-order valence-corrected chi connectivity index (χ1v) is 8.48. The molecule has 0 amide bonds. The quantitative estimate of drug-likeness (QED) is 0.605. The second kappa shape index (κ2) is 6.67. The largest absolute Gasteiger partial charge is 0.475 e. The second-order valence-corrected chi connectivity index (χ2v) is 7.59. The van der Waals surface area contributed by atoms with Crippen LogP contribution in [0.1, 0.15) is 45.8 Å². The second-order valence-electron chi connectivity index (χ2n) is 6.74. The van der Waals surface area contributed by atoms with E-state index in [0.717, 1.165) is 6.08 Å². The lowest BCUT2D eigenvalue weighted by Crippen LogP contribution is -2.41. The lowest BCUT2D eigenvalue weighted by atomic mass is 9.82. The van der Waals surface area contributed by atoms with Crippen molar-refractivity contribution < 1.29 is 28.8 Å². The maximum absolute atomic E-state index is 13.5. The lowest BCUT2D eigenvalue weighted by molar-refractivity contribution is -0.188. The Morgan fingerprint density at radius 3 is 2.52 bits per heavy atom. The number of fused-ring (bicyclic) bond motifs is 1. The Hall–Kier alpha value is -1.50. The monoisotopic (exact) mass is 421 g/mol. The summed E-state index contributed by atoms with van der Waals surface area (Å²) < 4.78 is 59.0. The molecule has 0 bridgehead atoms. The molecule has 0 aromatic heterocycles. The zero-order valence-electron chi connectivity index (χ0n) is 15.4. The average molecular weight is 422 g/mol. The van der Waals surface area contributed by atoms with E-state index < -0.39 is 29.2 Å². The van der Waals surface area contributed by atoms with Crippen LogP contribution >= 0.6 is 15.9 Å². The number of halogens is 4. The first-order chi connectivity index (χ1) is 11.9. The number of benzene rings is 1. The molecule has 7 heteroatoms. The molecular formula is C18H20BrF3O3. The summed E-state index contributed by atoms with van der Waals surface area (Å²) in [7, 11) is 0. The van der Waals surface area contributed by atoms with Crippen molar-refractivity contribution >= 4 is 28.0 Å². The van der Waals surface area contributed by atoms with Crippen molar-refractivity contribution in [2.45, 2.75) is 52.3 Å². The highest BCUT2D eigenvalue weighted by atomic mass is 79.9. The van der Waals surface area contributed by atoms with Gasteiger partial charge in [-0.3, -0.25) is 0 Å². The molecule has 0 spiro atoms. The molecule has 0 saturated carbocycles. The van der Waals surface area contributed by atoms with Crippen LogP contribution in [0.3, 0.4) is 0 Å². The molecule has 1 unspecified atom stereocenters. The van der Waals surface area contributed by atoms with Gasteiger partial charge in [-0.25, -0.2) is 4.79 Å². The molecule has 0 radical (unpaired) electrons. The summed E-state index contributed by atoms with van der Waals surface area (Å²) in [5.74, 6) is -1.08. The average Bonchev–Trinajstić information content (AvgIpc) is 2.50. The van der Waals surface area contributed by atoms with E-state index in [-0.39, 0.29) is 19.3 Å². The fourth-order valence-electron chi connectivity index (χ4n) is 2.81. The highest BCUT2D eigenvalue weighted by Gasteiger charge is 2.49. The number of hydrogen-bond donors (Lipinski definition) is 0. The fourth-order valence-corrected chi connectivity index (χ4v) is 3.89. The third kappa shape index (κ3) is 3.86. The van der Waals surface area contributed by atoms with E-state index in [2.05, 4.69) is 15.9 Å². The summed E-state index contributed by atoms with van der Waals surface area (Å²) in [5.41, 5.74) is 0.385. The first kappa shape index (κ1) is 18.3. The number of esters is 1. The van der Waals surface area contributed by atoms with Crippen molar-refractivity contribution in [3.05, 3.63) is 32.8 Å². The van der Waals surface area contributed by atoms with E-state index in [1.807, 2.05) is 20.8 Å². The van der Waals surface area contributed by atoms with Crippen LogP contribution in [0.25, 0.3) is 6.08 Å². The summed E-state index contributed by atoms with van der Waals surface area (Å²) in [6, 6.07) is 1.61. The molecule has 0 aliphatic carbocycles. The van der Waals surface area contributed by atoms with Gasteiger partial charge < -0.3 is 9.47 Å². The topological polar surface area (TPSA) is 35.5 Å². The van der Waals surface area contributed by atoms with Crippen molar-refractivity contribution in [1.82, 2.24) is 0 Å². The molecule has 1 aliphatic rings. The molecule has 1 aromatic rings. The first-order valence-electron chi connectivity index (χ1n) is 8.39. The Morgan fingerprint density at radius 1 is 1.40 bits per heavy atom. The van der Waals surface area contributed by atoms with E-state index in [4.69, 9.17) is 10.8 Å². The van der Waals surface area contributed by atoms with Gasteiger partial charge in [0.25, 0.3) is 0 Å². The zero-order chi connectivity index (χ0) is 19.9. The Bertz CT molecular complexity index is 752. The molecule has 2 rings (SSSR count). The summed E-state index contributed by atoms with van der Waals surface area (Å²) in [4.78, 5) is 12.0. The van der Waals surface area contributed by atoms with Gasteiger partial charge in [-0.2, -0.15) is 13.2 Å². The maximum atomic E-state index is 13.5. The van der Waals surface area contributed by atoms with Gasteiger partial charge in [-0.15, -0.1) is 0 Å². The summed E-state index contributed by atoms with van der Waals surface area (Å²) in [6.45, 7) is 6.94. The number of ether oxygens (including phenoxy) is 2. The van der Waals surface area contributed by atoms with Gasteiger partial charge in [0.15, 0.2) is 0 Å². The summed E-state index contributed by atoms with van der Waals surface area (Å²) >= 11 is 3.44. The van der Waals surface area contributed by atoms with Crippen molar-refractivity contribution in [1.29, 1.82) is 0 Å². The molecule has 1 atom stereocenters. The normalized spacial score (nSPS) is 18.0. The van der Waals surface area contributed by atoms with Crippen LogP contribution in [0.4, 0.5) is 13.2 Å². The molecule has 1 heterocycles. The third-order valence-electron chi connectivity index (χ3n) is 3.75. The predicted molar refractivity (Wildman–Crippen MR) is 92.7 cm³/mol. The molecule has 25 heavy (non-hydrogen) atoms. The van der Waals surface area contributed by atoms with Crippen LogP contribution < -0.4 is 4.74 Å². The van der Waals surface area contributed by atoms with Gasteiger partial charge in [0.05, 0.1) is 12.2 Å². The van der Waals surface area contributed by atoms with Gasteiger partial charge in [0.1, 0.15) is 5.75 Å². The number of carbonyl (C=O) groups excluding carboxylic acids is 1. The Morgan fingerprint density at radius 2 is 2.04 bits per heavy atom. The van der Waals surface area contributed by atoms with Crippen LogP contribution in [0.15, 0.2) is 16.1 Å². The van der Waals surface area contributed by atoms with Crippen LogP contribution in [0, 0.1) is 6.90 Å². The van der Waals surface area contributed by atoms with E-state index in [1.54, 1.807) is 6.07 Å². The smallest absolute Gasteiger partial charge is 0.430 e. The van der Waals surface area contributed by atoms with E-state index in [0.29, 0.717) is 21.2 Å². The zero-order valence-corrected chi connectivity index (χ0v) is 16.0. The number of alkyl halides is 3. The standard InChI is InChI=1S/C18H20BrF3O3/c1-6-24-16(23)11-7-10-8-12(19)13(17(3,4)5)9(2)14(10)25-15(11)18(20,21)22/h7-8,15H,6H2,1-5H3/i2D. The number of rotatable bonds is 2. The van der Waals surface area contributed by atoms with E-state index in [1.165, 1.54) is 6.92 Å². The Kier molecular flexibility index (Phi) is 4.88. The van der Waals surface area contributed by atoms with E-state index in [9.17, 15) is 18.0 Å². The van der Waals surface area contributed by atoms with Crippen molar-refractivity contribution in [2.24, 2.45) is 0 Å². The van der Waals surface area contributed by atoms with Gasteiger partial charge in [-0.05, 0) is 42.5 Å². The predicted octanol–water partition coefficient (Wildman–Crippen LogP) is 5.32. The molecule has 1 aliphatic heterocycles. The van der Waals surface area contributed by atoms with Crippen molar-refractivity contribution in [3.63, 3.8) is 0 Å². The van der Waals surface area contributed by atoms with Crippen LogP contribution in [0.2, 0.25) is 0 Å². The summed E-state index contributed by atoms with van der Waals surface area (Å²) in [6.07, 6.45) is -6.07. The number of carbonyl (C=O) groups is 1. The third-order valence-corrected chi connectivity index (χ3v) is 4.37. The minimum Gasteiger partial charge on any atom is -0.475 e. The van der Waals surface area contributed by atoms with Crippen molar-refractivity contribution in [2.75, 3.05) is 6.61 Å². The molecule has 0 N–H and O–H groups in total. The summed E-state index contributed by atoms with van der Waals surface area (Å²) in [5, 5.41) is 0. The SMILES string of the molecule is [2H]Cc1c2c(cc(Br)c1C(C)(C)C)C=C(C(=O)OCC)C(C(F)(F)F)O2. The molecule has 1 aromatic carbocycles. The Balaban J connectivity index is 2.73. The van der Waals surface area contributed by atoms with Gasteiger partial charge in [0, 0.05) is 11.4 Å². The van der Waals surface area contributed by atoms with Gasteiger partial charge in [-0.1, -0.05) is 36.7 Å². The van der Waals surface area contributed by atoms with Crippen LogP contribution in [-0.2, 0) is 14.9 Å². The molecule has 3 nitrogen and oxygen atoms in total. The number of hydrogen-bond acceptors (Lipinski definition) is 3. The van der Waals surface area contributed by atoms with Crippen LogP contribution in [-0.4, -0.2) is 24.9 Å². The minimum absolute atomic E-state index is 0.0106. The highest BCUT2D eigenvalue weighted by molar-refractivity contribution is 9.10. The maximum Gasteiger partial charge on any atom is 0.430 e.